The lowest BCUT2D eigenvalue weighted by molar-refractivity contribution is -0.124. The van der Waals surface area contributed by atoms with Crippen molar-refractivity contribution in [2.24, 2.45) is 5.92 Å². The van der Waals surface area contributed by atoms with Crippen LogP contribution in [0.5, 0.6) is 5.75 Å². The average molecular weight is 708 g/mol. The summed E-state index contributed by atoms with van der Waals surface area (Å²) in [7, 11) is 0. The summed E-state index contributed by atoms with van der Waals surface area (Å²) >= 11 is 1.89. The fourth-order valence-corrected chi connectivity index (χ4v) is 8.69. The monoisotopic (exact) mass is 707 g/mol. The third-order valence-corrected chi connectivity index (χ3v) is 11.3. The number of amides is 2. The standard InChI is InChI=1S/C43H53N3O4S/c1-6-31(2)39(40(48)44-27-26-32-22-24-37(47)25-23-32)45-29-36-28-38(30-46(36)41(49)50-42(3,4)5)51-43(33-16-10-7-11-17-33,34-18-12-8-13-19-34)35-20-14-9-15-21-35/h7-25,31,36,38-39,45,47H,6,26-30H2,1-5H3,(H,44,48)/t31?,36?,38?,39-/m0/s1. The van der Waals surface area contributed by atoms with Crippen molar-refractivity contribution in [1.82, 2.24) is 15.5 Å². The van der Waals surface area contributed by atoms with Crippen molar-refractivity contribution in [1.29, 1.82) is 0 Å². The van der Waals surface area contributed by atoms with Crippen molar-refractivity contribution < 1.29 is 19.4 Å². The predicted octanol–water partition coefficient (Wildman–Crippen LogP) is 8.16. The number of thioether (sulfide) groups is 1. The summed E-state index contributed by atoms with van der Waals surface area (Å²) in [5.74, 6) is 0.261. The van der Waals surface area contributed by atoms with E-state index in [1.807, 2.05) is 67.8 Å². The molecule has 3 unspecified atom stereocenters. The van der Waals surface area contributed by atoms with Gasteiger partial charge in [-0.15, -0.1) is 11.8 Å². The van der Waals surface area contributed by atoms with Gasteiger partial charge < -0.3 is 25.4 Å². The lowest BCUT2D eigenvalue weighted by atomic mass is 9.84. The van der Waals surface area contributed by atoms with Gasteiger partial charge in [0.25, 0.3) is 0 Å². The maximum atomic E-state index is 13.8. The summed E-state index contributed by atoms with van der Waals surface area (Å²) < 4.78 is 5.44. The molecule has 2 amide bonds. The number of nitrogens with one attached hydrogen (secondary N) is 2. The second-order valence-electron chi connectivity index (χ2n) is 14.5. The first-order chi connectivity index (χ1) is 24.5. The number of carbonyl (C=O) groups is 2. The van der Waals surface area contributed by atoms with Crippen LogP contribution in [0.1, 0.15) is 69.7 Å². The van der Waals surface area contributed by atoms with Gasteiger partial charge in [-0.2, -0.15) is 0 Å². The molecule has 1 saturated heterocycles. The Balaban J connectivity index is 1.40. The van der Waals surface area contributed by atoms with Gasteiger partial charge in [0.15, 0.2) is 0 Å². The van der Waals surface area contributed by atoms with Crippen LogP contribution in [0.4, 0.5) is 4.79 Å². The quantitative estimate of drug-likeness (QED) is 0.115. The highest BCUT2D eigenvalue weighted by atomic mass is 32.2. The zero-order chi connectivity index (χ0) is 36.4. The molecule has 7 nitrogen and oxygen atoms in total. The van der Waals surface area contributed by atoms with E-state index in [-0.39, 0.29) is 35.0 Å². The fourth-order valence-electron chi connectivity index (χ4n) is 6.82. The van der Waals surface area contributed by atoms with Crippen molar-refractivity contribution in [3.63, 3.8) is 0 Å². The molecular weight excluding hydrogens is 655 g/mol. The molecule has 1 aliphatic rings. The summed E-state index contributed by atoms with van der Waals surface area (Å²) in [5.41, 5.74) is 3.94. The summed E-state index contributed by atoms with van der Waals surface area (Å²) in [6, 6.07) is 38.4. The first kappa shape index (κ1) is 38.0. The highest BCUT2D eigenvalue weighted by Gasteiger charge is 2.45. The molecule has 0 aromatic heterocycles. The average Bonchev–Trinajstić information content (AvgIpc) is 3.54. The maximum Gasteiger partial charge on any atom is 0.410 e. The van der Waals surface area contributed by atoms with Crippen LogP contribution in [0, 0.1) is 5.92 Å². The Kier molecular flexibility index (Phi) is 12.9. The van der Waals surface area contributed by atoms with Crippen LogP contribution in [-0.4, -0.2) is 64.6 Å². The fraction of sp³-hybridized carbons (Fsp3) is 0.395. The van der Waals surface area contributed by atoms with E-state index in [9.17, 15) is 14.7 Å². The Bertz CT molecular complexity index is 1580. The van der Waals surface area contributed by atoms with E-state index in [1.54, 1.807) is 12.1 Å². The molecule has 270 valence electrons. The smallest absolute Gasteiger partial charge is 0.410 e. The van der Waals surface area contributed by atoms with Crippen molar-refractivity contribution in [3.05, 3.63) is 138 Å². The minimum absolute atomic E-state index is 0.0490. The van der Waals surface area contributed by atoms with E-state index in [0.29, 0.717) is 26.1 Å². The van der Waals surface area contributed by atoms with Crippen LogP contribution in [0.15, 0.2) is 115 Å². The number of carbonyl (C=O) groups excluding carboxylic acids is 2. The molecule has 1 heterocycles. The van der Waals surface area contributed by atoms with Crippen LogP contribution in [0.3, 0.4) is 0 Å². The van der Waals surface area contributed by atoms with E-state index in [0.717, 1.165) is 18.4 Å². The molecule has 51 heavy (non-hydrogen) atoms. The molecule has 0 spiro atoms. The number of likely N-dealkylation sites (tertiary alicyclic amines) is 1. The predicted molar refractivity (Wildman–Crippen MR) is 208 cm³/mol. The molecule has 3 N–H and O–H groups in total. The lowest BCUT2D eigenvalue weighted by Gasteiger charge is -2.37. The first-order valence-corrected chi connectivity index (χ1v) is 19.0. The van der Waals surface area contributed by atoms with Gasteiger partial charge in [0.2, 0.25) is 5.91 Å². The van der Waals surface area contributed by atoms with E-state index in [2.05, 4.69) is 97.3 Å². The van der Waals surface area contributed by atoms with Crippen molar-refractivity contribution in [2.75, 3.05) is 19.6 Å². The highest BCUT2D eigenvalue weighted by molar-refractivity contribution is 8.01. The SMILES string of the molecule is CCC(C)[C@H](NCC1CC(SC(c2ccccc2)(c2ccccc2)c2ccccc2)CN1C(=O)OC(C)(C)C)C(=O)NCCc1ccc(O)cc1. The summed E-state index contributed by atoms with van der Waals surface area (Å²) in [6.45, 7) is 11.3. The number of hydrogen-bond acceptors (Lipinski definition) is 6. The molecular formula is C43H53N3O4S. The van der Waals surface area contributed by atoms with Crippen molar-refractivity contribution in [3.8, 4) is 5.75 Å². The van der Waals surface area contributed by atoms with E-state index < -0.39 is 16.4 Å². The molecule has 4 aromatic rings. The van der Waals surface area contributed by atoms with Gasteiger partial charge in [0.05, 0.1) is 10.8 Å². The molecule has 0 aliphatic carbocycles. The number of rotatable bonds is 14. The molecule has 4 aromatic carbocycles. The van der Waals surface area contributed by atoms with Gasteiger partial charge in [-0.25, -0.2) is 4.79 Å². The molecule has 5 rings (SSSR count). The van der Waals surface area contributed by atoms with Gasteiger partial charge in [0, 0.05) is 30.9 Å². The maximum absolute atomic E-state index is 13.8. The molecule has 0 radical (unpaired) electrons. The first-order valence-electron chi connectivity index (χ1n) is 18.1. The highest BCUT2D eigenvalue weighted by Crippen LogP contribution is 2.52. The number of nitrogens with zero attached hydrogens (tertiary/aromatic N) is 1. The van der Waals surface area contributed by atoms with Gasteiger partial charge in [-0.05, 0) is 73.9 Å². The number of aromatic hydroxyl groups is 1. The van der Waals surface area contributed by atoms with Crippen LogP contribution in [0.2, 0.25) is 0 Å². The number of hydrogen-bond donors (Lipinski definition) is 3. The molecule has 4 atom stereocenters. The van der Waals surface area contributed by atoms with Crippen LogP contribution in [-0.2, 0) is 20.7 Å². The molecule has 0 saturated carbocycles. The number of phenolic OH excluding ortho intramolecular Hbond substituents is 1. The largest absolute Gasteiger partial charge is 0.508 e. The Morgan fingerprint density at radius 2 is 1.39 bits per heavy atom. The van der Waals surface area contributed by atoms with E-state index >= 15 is 0 Å². The van der Waals surface area contributed by atoms with Crippen LogP contribution >= 0.6 is 11.8 Å². The summed E-state index contributed by atoms with van der Waals surface area (Å²) in [6.07, 6.45) is 1.90. The Labute approximate surface area is 308 Å². The Hall–Kier alpha value is -4.27. The van der Waals surface area contributed by atoms with Gasteiger partial charge >= 0.3 is 6.09 Å². The van der Waals surface area contributed by atoms with E-state index in [4.69, 9.17) is 4.74 Å². The molecule has 1 aliphatic heterocycles. The molecule has 1 fully saturated rings. The molecule has 0 bridgehead atoms. The number of benzene rings is 4. The van der Waals surface area contributed by atoms with E-state index in [1.165, 1.54) is 16.7 Å². The van der Waals surface area contributed by atoms with Crippen molar-refractivity contribution >= 4 is 23.8 Å². The van der Waals surface area contributed by atoms with Crippen molar-refractivity contribution in [2.45, 2.75) is 81.6 Å². The number of ether oxygens (including phenoxy) is 1. The third-order valence-electron chi connectivity index (χ3n) is 9.61. The third kappa shape index (κ3) is 9.75. The van der Waals surface area contributed by atoms with Crippen LogP contribution in [0.25, 0.3) is 0 Å². The summed E-state index contributed by atoms with van der Waals surface area (Å²) in [5, 5.41) is 16.4. The molecule has 8 heteroatoms. The Morgan fingerprint density at radius 1 is 0.863 bits per heavy atom. The lowest BCUT2D eigenvalue weighted by Crippen LogP contribution is -2.52. The minimum atomic E-state index is -0.640. The van der Waals surface area contributed by atoms with Gasteiger partial charge in [0.1, 0.15) is 11.4 Å². The summed E-state index contributed by atoms with van der Waals surface area (Å²) in [4.78, 5) is 29.3. The van der Waals surface area contributed by atoms with Crippen LogP contribution < -0.4 is 10.6 Å². The second kappa shape index (κ2) is 17.3. The topological polar surface area (TPSA) is 90.9 Å². The Morgan fingerprint density at radius 3 is 1.88 bits per heavy atom. The zero-order valence-corrected chi connectivity index (χ0v) is 31.4. The van der Waals surface area contributed by atoms with Gasteiger partial charge in [-0.1, -0.05) is 123 Å². The zero-order valence-electron chi connectivity index (χ0n) is 30.5. The second-order valence-corrected chi connectivity index (χ2v) is 16.0. The minimum Gasteiger partial charge on any atom is -0.508 e. The van der Waals surface area contributed by atoms with Gasteiger partial charge in [-0.3, -0.25) is 4.79 Å². The normalized spacial score (nSPS) is 17.5. The number of phenols is 1.